The highest BCUT2D eigenvalue weighted by atomic mass is 14.3. The minimum atomic E-state index is 0.729. The van der Waals surface area contributed by atoms with E-state index in [0.717, 1.165) is 5.92 Å². The lowest BCUT2D eigenvalue weighted by Gasteiger charge is -2.26. The molecule has 124 valence electrons. The Hall–Kier alpha value is -2.34. The molecule has 25 heavy (non-hydrogen) atoms. The molecule has 0 spiro atoms. The fraction of sp³-hybridized carbons (Fsp3) is 0.280. The van der Waals surface area contributed by atoms with Crippen LogP contribution in [0.1, 0.15) is 48.8 Å². The van der Waals surface area contributed by atoms with Gasteiger partial charge in [-0.3, -0.25) is 0 Å². The molecule has 4 aromatic carbocycles. The van der Waals surface area contributed by atoms with Gasteiger partial charge in [-0.25, -0.2) is 0 Å². The molecule has 5 rings (SSSR count). The SMILES string of the molecule is CCC1CCCc2ccc3c(ccc4c5cccc(C)c5ccc34)c21. The molecule has 1 atom stereocenters. The molecule has 0 N–H and O–H groups in total. The molecule has 1 aliphatic rings. The maximum Gasteiger partial charge on any atom is -0.00989 e. The maximum absolute atomic E-state index is 2.40. The van der Waals surface area contributed by atoms with Gasteiger partial charge in [-0.1, -0.05) is 61.5 Å². The first-order chi connectivity index (χ1) is 12.3. The van der Waals surface area contributed by atoms with Crippen molar-refractivity contribution in [2.45, 2.75) is 45.4 Å². The number of aryl methyl sites for hydroxylation is 2. The van der Waals surface area contributed by atoms with Crippen molar-refractivity contribution in [3.8, 4) is 0 Å². The average molecular weight is 324 g/mol. The molecule has 0 heterocycles. The van der Waals surface area contributed by atoms with Crippen molar-refractivity contribution >= 4 is 32.3 Å². The maximum atomic E-state index is 2.40. The predicted octanol–water partition coefficient (Wildman–Crippen LogP) is 7.28. The lowest BCUT2D eigenvalue weighted by molar-refractivity contribution is 0.544. The van der Waals surface area contributed by atoms with Crippen LogP contribution in [0.5, 0.6) is 0 Å². The van der Waals surface area contributed by atoms with Crippen LogP contribution in [-0.4, -0.2) is 0 Å². The molecule has 1 aliphatic carbocycles. The Morgan fingerprint density at radius 3 is 2.20 bits per heavy atom. The highest BCUT2D eigenvalue weighted by molar-refractivity contribution is 6.18. The summed E-state index contributed by atoms with van der Waals surface area (Å²) in [5, 5.41) is 8.46. The first-order valence-electron chi connectivity index (χ1n) is 9.64. The summed E-state index contributed by atoms with van der Waals surface area (Å²) >= 11 is 0. The van der Waals surface area contributed by atoms with E-state index in [1.807, 2.05) is 0 Å². The van der Waals surface area contributed by atoms with E-state index in [1.54, 1.807) is 11.1 Å². The van der Waals surface area contributed by atoms with Crippen molar-refractivity contribution in [2.75, 3.05) is 0 Å². The van der Waals surface area contributed by atoms with Crippen LogP contribution in [-0.2, 0) is 6.42 Å². The molecule has 0 heteroatoms. The summed E-state index contributed by atoms with van der Waals surface area (Å²) in [7, 11) is 0. The van der Waals surface area contributed by atoms with Crippen LogP contribution in [0.4, 0.5) is 0 Å². The van der Waals surface area contributed by atoms with Crippen LogP contribution in [0.2, 0.25) is 0 Å². The van der Waals surface area contributed by atoms with Gasteiger partial charge in [-0.15, -0.1) is 0 Å². The van der Waals surface area contributed by atoms with Gasteiger partial charge in [0, 0.05) is 0 Å². The smallest absolute Gasteiger partial charge is 0.00989 e. The number of fused-ring (bicyclic) bond motifs is 7. The first-order valence-corrected chi connectivity index (χ1v) is 9.64. The molecule has 0 fully saturated rings. The van der Waals surface area contributed by atoms with Crippen molar-refractivity contribution in [3.63, 3.8) is 0 Å². The van der Waals surface area contributed by atoms with Gasteiger partial charge in [0.25, 0.3) is 0 Å². The van der Waals surface area contributed by atoms with Gasteiger partial charge < -0.3 is 0 Å². The Bertz CT molecular complexity index is 1120. The number of rotatable bonds is 1. The van der Waals surface area contributed by atoms with E-state index in [0.29, 0.717) is 0 Å². The zero-order valence-electron chi connectivity index (χ0n) is 15.1. The van der Waals surface area contributed by atoms with Crippen molar-refractivity contribution in [1.82, 2.24) is 0 Å². The third-order valence-corrected chi connectivity index (χ3v) is 6.31. The van der Waals surface area contributed by atoms with Crippen LogP contribution in [0.15, 0.2) is 54.6 Å². The van der Waals surface area contributed by atoms with Crippen LogP contribution < -0.4 is 0 Å². The Morgan fingerprint density at radius 1 is 0.760 bits per heavy atom. The van der Waals surface area contributed by atoms with Crippen LogP contribution >= 0.6 is 0 Å². The highest BCUT2D eigenvalue weighted by Crippen LogP contribution is 2.41. The number of benzene rings is 4. The molecule has 1 unspecified atom stereocenters. The van der Waals surface area contributed by atoms with E-state index in [-0.39, 0.29) is 0 Å². The Kier molecular flexibility index (Phi) is 3.35. The minimum Gasteiger partial charge on any atom is -0.0648 e. The third kappa shape index (κ3) is 2.13. The normalized spacial score (nSPS) is 17.3. The predicted molar refractivity (Wildman–Crippen MR) is 110 cm³/mol. The lowest BCUT2D eigenvalue weighted by atomic mass is 9.78. The second kappa shape index (κ2) is 5.59. The topological polar surface area (TPSA) is 0 Å². The Balaban J connectivity index is 1.90. The molecule has 4 aromatic rings. The second-order valence-corrected chi connectivity index (χ2v) is 7.63. The molecule has 0 nitrogen and oxygen atoms in total. The second-order valence-electron chi connectivity index (χ2n) is 7.63. The number of hydrogen-bond acceptors (Lipinski definition) is 0. The molecule has 0 aliphatic heterocycles. The fourth-order valence-electron chi connectivity index (χ4n) is 5.01. The summed E-state index contributed by atoms with van der Waals surface area (Å²) in [6, 6.07) is 20.8. The summed E-state index contributed by atoms with van der Waals surface area (Å²) in [5.41, 5.74) is 4.58. The molecule has 0 aromatic heterocycles. The fourth-order valence-corrected chi connectivity index (χ4v) is 5.01. The molecule has 0 bridgehead atoms. The summed E-state index contributed by atoms with van der Waals surface area (Å²) in [6.07, 6.45) is 5.18. The quantitative estimate of drug-likeness (QED) is 0.323. The molecule has 0 saturated heterocycles. The van der Waals surface area contributed by atoms with E-state index in [9.17, 15) is 0 Å². The minimum absolute atomic E-state index is 0.729. The van der Waals surface area contributed by atoms with Gasteiger partial charge in [-0.2, -0.15) is 0 Å². The molecular weight excluding hydrogens is 300 g/mol. The first kappa shape index (κ1) is 15.0. The van der Waals surface area contributed by atoms with Gasteiger partial charge >= 0.3 is 0 Å². The molecule has 0 amide bonds. The van der Waals surface area contributed by atoms with Crippen molar-refractivity contribution in [1.29, 1.82) is 0 Å². The highest BCUT2D eigenvalue weighted by Gasteiger charge is 2.21. The zero-order chi connectivity index (χ0) is 17.0. The van der Waals surface area contributed by atoms with Gasteiger partial charge in [0.1, 0.15) is 0 Å². The summed E-state index contributed by atoms with van der Waals surface area (Å²) < 4.78 is 0. The third-order valence-electron chi connectivity index (χ3n) is 6.31. The van der Waals surface area contributed by atoms with Crippen LogP contribution in [0.25, 0.3) is 32.3 Å². The molecule has 0 saturated carbocycles. The van der Waals surface area contributed by atoms with E-state index < -0.39 is 0 Å². The van der Waals surface area contributed by atoms with Gasteiger partial charge in [-0.05, 0) is 87.5 Å². The van der Waals surface area contributed by atoms with Crippen LogP contribution in [0, 0.1) is 6.92 Å². The van der Waals surface area contributed by atoms with E-state index in [2.05, 4.69) is 68.4 Å². The summed E-state index contributed by atoms with van der Waals surface area (Å²) in [5.74, 6) is 0.729. The molecule has 0 radical (unpaired) electrons. The van der Waals surface area contributed by atoms with Crippen molar-refractivity contribution in [2.24, 2.45) is 0 Å². The molecular formula is C25H24. The summed E-state index contributed by atoms with van der Waals surface area (Å²) in [4.78, 5) is 0. The zero-order valence-corrected chi connectivity index (χ0v) is 15.1. The van der Waals surface area contributed by atoms with Gasteiger partial charge in [0.05, 0.1) is 0 Å². The van der Waals surface area contributed by atoms with Crippen molar-refractivity contribution < 1.29 is 0 Å². The van der Waals surface area contributed by atoms with Crippen molar-refractivity contribution in [3.05, 3.63) is 71.3 Å². The standard InChI is InChI=1S/C25H24/c1-3-17-7-5-8-18-10-11-23-22-13-12-19-16(2)6-4-9-20(19)21(22)14-15-24(23)25(17)18/h4,6,9-15,17H,3,5,7-8H2,1-2H3. The van der Waals surface area contributed by atoms with E-state index in [4.69, 9.17) is 0 Å². The van der Waals surface area contributed by atoms with Gasteiger partial charge in [0.2, 0.25) is 0 Å². The lowest BCUT2D eigenvalue weighted by Crippen LogP contribution is -2.09. The largest absolute Gasteiger partial charge is 0.0648 e. The monoisotopic (exact) mass is 324 g/mol. The Morgan fingerprint density at radius 2 is 1.40 bits per heavy atom. The van der Waals surface area contributed by atoms with E-state index >= 15 is 0 Å². The van der Waals surface area contributed by atoms with Crippen LogP contribution in [0.3, 0.4) is 0 Å². The summed E-state index contributed by atoms with van der Waals surface area (Å²) in [6.45, 7) is 4.55. The Labute approximate surface area is 149 Å². The average Bonchev–Trinajstić information content (AvgIpc) is 2.66. The van der Waals surface area contributed by atoms with Gasteiger partial charge in [0.15, 0.2) is 0 Å². The van der Waals surface area contributed by atoms with E-state index in [1.165, 1.54) is 63.6 Å². The number of hydrogen-bond donors (Lipinski definition) is 0.